The first-order chi connectivity index (χ1) is 6.83. The van der Waals surface area contributed by atoms with E-state index in [1.54, 1.807) is 0 Å². The van der Waals surface area contributed by atoms with Crippen LogP contribution in [0.15, 0.2) is 30.3 Å². The summed E-state index contributed by atoms with van der Waals surface area (Å²) in [5.41, 5.74) is 6.83. The van der Waals surface area contributed by atoms with Gasteiger partial charge in [-0.2, -0.15) is 0 Å². The summed E-state index contributed by atoms with van der Waals surface area (Å²) < 4.78 is 0. The molecular formula is C12H20N2. The van der Waals surface area contributed by atoms with Gasteiger partial charge >= 0.3 is 0 Å². The van der Waals surface area contributed by atoms with Crippen LogP contribution >= 0.6 is 0 Å². The molecule has 1 aromatic carbocycles. The average Bonchev–Trinajstić information content (AvgIpc) is 2.25. The average molecular weight is 192 g/mol. The van der Waals surface area contributed by atoms with Gasteiger partial charge in [0.05, 0.1) is 0 Å². The second-order valence-electron chi connectivity index (χ2n) is 3.67. The Morgan fingerprint density at radius 3 is 2.64 bits per heavy atom. The lowest BCUT2D eigenvalue weighted by Gasteiger charge is -2.12. The van der Waals surface area contributed by atoms with Crippen LogP contribution in [0.5, 0.6) is 0 Å². The van der Waals surface area contributed by atoms with E-state index in [1.807, 2.05) is 0 Å². The number of hydrogen-bond donors (Lipinski definition) is 2. The number of nitrogens with one attached hydrogen (secondary N) is 1. The Hall–Kier alpha value is -0.860. The van der Waals surface area contributed by atoms with Crippen LogP contribution in [-0.4, -0.2) is 19.1 Å². The molecule has 0 amide bonds. The van der Waals surface area contributed by atoms with Crippen LogP contribution in [-0.2, 0) is 6.42 Å². The third kappa shape index (κ3) is 4.40. The van der Waals surface area contributed by atoms with E-state index < -0.39 is 0 Å². The number of hydrogen-bond acceptors (Lipinski definition) is 2. The lowest BCUT2D eigenvalue weighted by Crippen LogP contribution is -2.31. The lowest BCUT2D eigenvalue weighted by molar-refractivity contribution is 0.521. The SMILES string of the molecule is CC(CCc1ccccc1)NCCN. The summed E-state index contributed by atoms with van der Waals surface area (Å²) in [6.07, 6.45) is 2.31. The van der Waals surface area contributed by atoms with Crippen molar-refractivity contribution in [3.63, 3.8) is 0 Å². The molecule has 0 aromatic heterocycles. The van der Waals surface area contributed by atoms with Gasteiger partial charge in [0, 0.05) is 19.1 Å². The molecule has 0 saturated heterocycles. The van der Waals surface area contributed by atoms with Crippen molar-refractivity contribution in [1.29, 1.82) is 0 Å². The van der Waals surface area contributed by atoms with E-state index in [-0.39, 0.29) is 0 Å². The maximum absolute atomic E-state index is 5.42. The molecule has 2 heteroatoms. The molecule has 2 nitrogen and oxygen atoms in total. The molecule has 3 N–H and O–H groups in total. The zero-order valence-electron chi connectivity index (χ0n) is 8.87. The van der Waals surface area contributed by atoms with E-state index in [0.717, 1.165) is 19.5 Å². The molecule has 0 fully saturated rings. The Morgan fingerprint density at radius 2 is 2.00 bits per heavy atom. The molecule has 78 valence electrons. The zero-order valence-corrected chi connectivity index (χ0v) is 8.87. The van der Waals surface area contributed by atoms with Gasteiger partial charge in [0.2, 0.25) is 0 Å². The van der Waals surface area contributed by atoms with Gasteiger partial charge in [-0.25, -0.2) is 0 Å². The molecule has 0 spiro atoms. The van der Waals surface area contributed by atoms with Gasteiger partial charge in [-0.1, -0.05) is 30.3 Å². The molecule has 0 aliphatic carbocycles. The Kier molecular flexibility index (Phi) is 5.27. The van der Waals surface area contributed by atoms with Gasteiger partial charge in [-0.05, 0) is 25.3 Å². The van der Waals surface area contributed by atoms with Crippen LogP contribution in [0.25, 0.3) is 0 Å². The lowest BCUT2D eigenvalue weighted by atomic mass is 10.1. The smallest absolute Gasteiger partial charge is 0.00769 e. The first-order valence-electron chi connectivity index (χ1n) is 5.30. The number of aryl methyl sites for hydroxylation is 1. The fourth-order valence-electron chi connectivity index (χ4n) is 1.46. The van der Waals surface area contributed by atoms with Gasteiger partial charge in [0.25, 0.3) is 0 Å². The number of benzene rings is 1. The highest BCUT2D eigenvalue weighted by molar-refractivity contribution is 5.14. The van der Waals surface area contributed by atoms with E-state index in [1.165, 1.54) is 12.0 Å². The highest BCUT2D eigenvalue weighted by Crippen LogP contribution is 2.04. The van der Waals surface area contributed by atoms with E-state index >= 15 is 0 Å². The molecule has 1 aromatic rings. The van der Waals surface area contributed by atoms with Crippen molar-refractivity contribution in [2.45, 2.75) is 25.8 Å². The fourth-order valence-corrected chi connectivity index (χ4v) is 1.46. The summed E-state index contributed by atoms with van der Waals surface area (Å²) in [4.78, 5) is 0. The minimum Gasteiger partial charge on any atom is -0.329 e. The van der Waals surface area contributed by atoms with Crippen molar-refractivity contribution in [2.24, 2.45) is 5.73 Å². The van der Waals surface area contributed by atoms with Crippen LogP contribution < -0.4 is 11.1 Å². The zero-order chi connectivity index (χ0) is 10.2. The quantitative estimate of drug-likeness (QED) is 0.718. The highest BCUT2D eigenvalue weighted by atomic mass is 14.9. The molecule has 1 rings (SSSR count). The maximum atomic E-state index is 5.42. The predicted molar refractivity (Wildman–Crippen MR) is 61.3 cm³/mol. The molecule has 0 heterocycles. The Labute approximate surface area is 86.5 Å². The molecule has 0 bridgehead atoms. The largest absolute Gasteiger partial charge is 0.329 e. The second-order valence-corrected chi connectivity index (χ2v) is 3.67. The normalized spacial score (nSPS) is 12.7. The summed E-state index contributed by atoms with van der Waals surface area (Å²) in [7, 11) is 0. The van der Waals surface area contributed by atoms with Gasteiger partial charge in [-0.3, -0.25) is 0 Å². The fraction of sp³-hybridized carbons (Fsp3) is 0.500. The number of nitrogens with two attached hydrogens (primary N) is 1. The van der Waals surface area contributed by atoms with Crippen LogP contribution in [0.1, 0.15) is 18.9 Å². The molecule has 0 aliphatic heterocycles. The minimum atomic E-state index is 0.554. The number of rotatable bonds is 6. The Morgan fingerprint density at radius 1 is 1.29 bits per heavy atom. The van der Waals surface area contributed by atoms with Gasteiger partial charge in [-0.15, -0.1) is 0 Å². The van der Waals surface area contributed by atoms with E-state index in [0.29, 0.717) is 6.04 Å². The summed E-state index contributed by atoms with van der Waals surface area (Å²) in [5.74, 6) is 0. The highest BCUT2D eigenvalue weighted by Gasteiger charge is 2.00. The van der Waals surface area contributed by atoms with Gasteiger partial charge < -0.3 is 11.1 Å². The van der Waals surface area contributed by atoms with E-state index in [4.69, 9.17) is 5.73 Å². The minimum absolute atomic E-state index is 0.554. The monoisotopic (exact) mass is 192 g/mol. The van der Waals surface area contributed by atoms with Crippen molar-refractivity contribution >= 4 is 0 Å². The van der Waals surface area contributed by atoms with Gasteiger partial charge in [0.1, 0.15) is 0 Å². The van der Waals surface area contributed by atoms with Crippen LogP contribution in [0, 0.1) is 0 Å². The molecule has 0 aliphatic rings. The predicted octanol–water partition coefficient (Wildman–Crippen LogP) is 1.56. The van der Waals surface area contributed by atoms with Gasteiger partial charge in [0.15, 0.2) is 0 Å². The standard InChI is InChI=1S/C12H20N2/c1-11(14-10-9-13)7-8-12-5-3-2-4-6-12/h2-6,11,14H,7-10,13H2,1H3. The molecule has 0 saturated carbocycles. The first kappa shape index (κ1) is 11.2. The van der Waals surface area contributed by atoms with Crippen LogP contribution in [0.3, 0.4) is 0 Å². The third-order valence-electron chi connectivity index (χ3n) is 2.35. The van der Waals surface area contributed by atoms with Crippen molar-refractivity contribution < 1.29 is 0 Å². The summed E-state index contributed by atoms with van der Waals surface area (Å²) in [6.45, 7) is 3.84. The summed E-state index contributed by atoms with van der Waals surface area (Å²) in [6, 6.07) is 11.1. The third-order valence-corrected chi connectivity index (χ3v) is 2.35. The first-order valence-corrected chi connectivity index (χ1v) is 5.30. The van der Waals surface area contributed by atoms with Crippen molar-refractivity contribution in [2.75, 3.05) is 13.1 Å². The van der Waals surface area contributed by atoms with E-state index in [9.17, 15) is 0 Å². The topological polar surface area (TPSA) is 38.0 Å². The van der Waals surface area contributed by atoms with Crippen molar-refractivity contribution in [3.8, 4) is 0 Å². The van der Waals surface area contributed by atoms with Crippen LogP contribution in [0.4, 0.5) is 0 Å². The summed E-state index contributed by atoms with van der Waals surface area (Å²) >= 11 is 0. The maximum Gasteiger partial charge on any atom is 0.00769 e. The summed E-state index contributed by atoms with van der Waals surface area (Å²) in [5, 5.41) is 3.38. The van der Waals surface area contributed by atoms with Crippen molar-refractivity contribution in [1.82, 2.24) is 5.32 Å². The molecule has 1 atom stereocenters. The molecule has 1 unspecified atom stereocenters. The second kappa shape index (κ2) is 6.57. The Bertz CT molecular complexity index is 233. The molecular weight excluding hydrogens is 172 g/mol. The van der Waals surface area contributed by atoms with E-state index in [2.05, 4.69) is 42.6 Å². The van der Waals surface area contributed by atoms with Crippen LogP contribution in [0.2, 0.25) is 0 Å². The molecule has 0 radical (unpaired) electrons. The molecule has 14 heavy (non-hydrogen) atoms. The van der Waals surface area contributed by atoms with Crippen molar-refractivity contribution in [3.05, 3.63) is 35.9 Å². The Balaban J connectivity index is 2.20.